The Balaban J connectivity index is 2.62. The molecular formula is C15H15F2NO2S. The van der Waals surface area contributed by atoms with Gasteiger partial charge in [0, 0.05) is 6.04 Å². The summed E-state index contributed by atoms with van der Waals surface area (Å²) in [5, 5.41) is 0. The summed E-state index contributed by atoms with van der Waals surface area (Å²) in [5.74, 6) is -2.55. The van der Waals surface area contributed by atoms with Crippen LogP contribution in [0.3, 0.4) is 0 Å². The second kappa shape index (κ2) is 5.81. The number of nitrogens with zero attached hydrogens (tertiary/aromatic N) is 1. The predicted molar refractivity (Wildman–Crippen MR) is 77.6 cm³/mol. The van der Waals surface area contributed by atoms with E-state index in [0.29, 0.717) is 5.69 Å². The molecule has 0 aliphatic rings. The lowest BCUT2D eigenvalue weighted by Crippen LogP contribution is -2.37. The van der Waals surface area contributed by atoms with Crippen molar-refractivity contribution in [1.29, 1.82) is 0 Å². The van der Waals surface area contributed by atoms with Gasteiger partial charge in [-0.2, -0.15) is 0 Å². The van der Waals surface area contributed by atoms with Gasteiger partial charge in [-0.15, -0.1) is 0 Å². The number of rotatable bonds is 4. The highest BCUT2D eigenvalue weighted by molar-refractivity contribution is 7.92. The zero-order valence-corrected chi connectivity index (χ0v) is 12.4. The molecule has 3 nitrogen and oxygen atoms in total. The van der Waals surface area contributed by atoms with E-state index >= 15 is 0 Å². The van der Waals surface area contributed by atoms with Crippen molar-refractivity contribution in [1.82, 2.24) is 0 Å². The van der Waals surface area contributed by atoms with Crippen LogP contribution in [-0.2, 0) is 10.0 Å². The van der Waals surface area contributed by atoms with E-state index in [1.54, 1.807) is 44.2 Å². The summed E-state index contributed by atoms with van der Waals surface area (Å²) in [6, 6.07) is 11.0. The Morgan fingerprint density at radius 2 is 1.57 bits per heavy atom. The molecule has 0 aliphatic heterocycles. The number of hydrogen-bond donors (Lipinski definition) is 0. The summed E-state index contributed by atoms with van der Waals surface area (Å²) in [7, 11) is -4.19. The van der Waals surface area contributed by atoms with Crippen molar-refractivity contribution in [2.24, 2.45) is 0 Å². The van der Waals surface area contributed by atoms with Crippen molar-refractivity contribution in [2.45, 2.75) is 24.8 Å². The van der Waals surface area contributed by atoms with Crippen LogP contribution in [-0.4, -0.2) is 14.5 Å². The third-order valence-electron chi connectivity index (χ3n) is 2.93. The molecule has 21 heavy (non-hydrogen) atoms. The van der Waals surface area contributed by atoms with Gasteiger partial charge in [0.1, 0.15) is 4.90 Å². The van der Waals surface area contributed by atoms with Crippen LogP contribution in [0.1, 0.15) is 13.8 Å². The van der Waals surface area contributed by atoms with Crippen LogP contribution in [0, 0.1) is 11.6 Å². The van der Waals surface area contributed by atoms with Gasteiger partial charge in [0.25, 0.3) is 10.0 Å². The van der Waals surface area contributed by atoms with Gasteiger partial charge in [-0.1, -0.05) is 24.3 Å². The predicted octanol–water partition coefficient (Wildman–Crippen LogP) is 3.57. The number of hydrogen-bond acceptors (Lipinski definition) is 2. The molecular weight excluding hydrogens is 296 g/mol. The Kier molecular flexibility index (Phi) is 4.27. The zero-order valence-electron chi connectivity index (χ0n) is 11.6. The summed E-state index contributed by atoms with van der Waals surface area (Å²) < 4.78 is 53.6. The lowest BCUT2D eigenvalue weighted by atomic mass is 10.3. The molecule has 0 aliphatic carbocycles. The lowest BCUT2D eigenvalue weighted by Gasteiger charge is -2.28. The molecule has 0 heterocycles. The Morgan fingerprint density at radius 3 is 2.14 bits per heavy atom. The molecule has 112 valence electrons. The number of para-hydroxylation sites is 1. The fourth-order valence-electron chi connectivity index (χ4n) is 2.08. The molecule has 0 aromatic heterocycles. The van der Waals surface area contributed by atoms with E-state index in [1.807, 2.05) is 0 Å². The monoisotopic (exact) mass is 311 g/mol. The maximum absolute atomic E-state index is 13.9. The highest BCUT2D eigenvalue weighted by atomic mass is 32.2. The maximum atomic E-state index is 13.9. The van der Waals surface area contributed by atoms with Gasteiger partial charge in [-0.05, 0) is 38.1 Å². The van der Waals surface area contributed by atoms with Crippen LogP contribution in [0.5, 0.6) is 0 Å². The number of sulfonamides is 1. The maximum Gasteiger partial charge on any atom is 0.267 e. The van der Waals surface area contributed by atoms with Gasteiger partial charge in [0.2, 0.25) is 0 Å². The third-order valence-corrected chi connectivity index (χ3v) is 4.95. The normalized spacial score (nSPS) is 11.7. The minimum atomic E-state index is -4.19. The second-order valence-corrected chi connectivity index (χ2v) is 6.57. The Bertz CT molecular complexity index is 731. The van der Waals surface area contributed by atoms with Gasteiger partial charge in [0.15, 0.2) is 11.6 Å². The van der Waals surface area contributed by atoms with E-state index in [9.17, 15) is 17.2 Å². The molecule has 2 rings (SSSR count). The third kappa shape index (κ3) is 2.90. The van der Waals surface area contributed by atoms with Gasteiger partial charge in [-0.25, -0.2) is 17.2 Å². The zero-order chi connectivity index (χ0) is 15.6. The van der Waals surface area contributed by atoms with Crippen molar-refractivity contribution >= 4 is 15.7 Å². The fraction of sp³-hybridized carbons (Fsp3) is 0.200. The van der Waals surface area contributed by atoms with Crippen LogP contribution < -0.4 is 4.31 Å². The second-order valence-electron chi connectivity index (χ2n) is 4.78. The number of anilines is 1. The fourth-order valence-corrected chi connectivity index (χ4v) is 3.82. The standard InChI is InChI=1S/C15H15F2NO2S/c1-11(2)18(12-7-4-3-5-8-12)21(19,20)14-10-6-9-13(16)15(14)17/h3-11H,1-2H3. The van der Waals surface area contributed by atoms with Crippen LogP contribution >= 0.6 is 0 Å². The Hall–Kier alpha value is -1.95. The quantitative estimate of drug-likeness (QED) is 0.865. The van der Waals surface area contributed by atoms with E-state index in [2.05, 4.69) is 0 Å². The largest absolute Gasteiger partial charge is 0.267 e. The molecule has 0 saturated carbocycles. The van der Waals surface area contributed by atoms with Crippen molar-refractivity contribution in [2.75, 3.05) is 4.31 Å². The molecule has 0 fully saturated rings. The molecule has 0 atom stereocenters. The topological polar surface area (TPSA) is 37.4 Å². The lowest BCUT2D eigenvalue weighted by molar-refractivity contribution is 0.484. The summed E-state index contributed by atoms with van der Waals surface area (Å²) in [6.45, 7) is 3.34. The summed E-state index contributed by atoms with van der Waals surface area (Å²) in [4.78, 5) is -0.667. The van der Waals surface area contributed by atoms with Crippen molar-refractivity contribution in [3.8, 4) is 0 Å². The van der Waals surface area contributed by atoms with Gasteiger partial charge >= 0.3 is 0 Å². The number of halogens is 2. The molecule has 0 N–H and O–H groups in total. The molecule has 0 radical (unpaired) electrons. The first-order chi connectivity index (χ1) is 9.85. The highest BCUT2D eigenvalue weighted by Crippen LogP contribution is 2.28. The SMILES string of the molecule is CC(C)N(c1ccccc1)S(=O)(=O)c1cccc(F)c1F. The van der Waals surface area contributed by atoms with Crippen molar-refractivity contribution in [3.63, 3.8) is 0 Å². The molecule has 0 saturated heterocycles. The molecule has 0 unspecified atom stereocenters. The summed E-state index contributed by atoms with van der Waals surface area (Å²) in [6.07, 6.45) is 0. The number of benzene rings is 2. The van der Waals surface area contributed by atoms with Crippen LogP contribution in [0.25, 0.3) is 0 Å². The summed E-state index contributed by atoms with van der Waals surface area (Å²) in [5.41, 5.74) is 0.399. The first-order valence-electron chi connectivity index (χ1n) is 6.39. The van der Waals surface area contributed by atoms with Crippen LogP contribution in [0.2, 0.25) is 0 Å². The molecule has 0 spiro atoms. The van der Waals surface area contributed by atoms with Crippen LogP contribution in [0.4, 0.5) is 14.5 Å². The minimum Gasteiger partial charge on any atom is -0.264 e. The van der Waals surface area contributed by atoms with E-state index in [0.717, 1.165) is 16.4 Å². The highest BCUT2D eigenvalue weighted by Gasteiger charge is 2.30. The van der Waals surface area contributed by atoms with E-state index in [1.165, 1.54) is 6.07 Å². The first-order valence-corrected chi connectivity index (χ1v) is 7.83. The van der Waals surface area contributed by atoms with E-state index < -0.39 is 32.6 Å². The van der Waals surface area contributed by atoms with Crippen molar-refractivity contribution in [3.05, 3.63) is 60.2 Å². The van der Waals surface area contributed by atoms with Gasteiger partial charge < -0.3 is 0 Å². The van der Waals surface area contributed by atoms with Crippen molar-refractivity contribution < 1.29 is 17.2 Å². The van der Waals surface area contributed by atoms with Gasteiger partial charge in [0.05, 0.1) is 5.69 Å². The first kappa shape index (κ1) is 15.4. The molecule has 2 aromatic carbocycles. The molecule has 6 heteroatoms. The van der Waals surface area contributed by atoms with Gasteiger partial charge in [-0.3, -0.25) is 4.31 Å². The Morgan fingerprint density at radius 1 is 0.952 bits per heavy atom. The smallest absolute Gasteiger partial charge is 0.264 e. The minimum absolute atomic E-state index is 0.399. The summed E-state index contributed by atoms with van der Waals surface area (Å²) >= 11 is 0. The van der Waals surface area contributed by atoms with E-state index in [4.69, 9.17) is 0 Å². The average Bonchev–Trinajstić information content (AvgIpc) is 2.42. The molecule has 0 amide bonds. The molecule has 2 aromatic rings. The Labute approximate surface area is 122 Å². The van der Waals surface area contributed by atoms with E-state index in [-0.39, 0.29) is 0 Å². The molecule has 0 bridgehead atoms. The van der Waals surface area contributed by atoms with Crippen LogP contribution in [0.15, 0.2) is 53.4 Å². The average molecular weight is 311 g/mol.